The molecule has 0 fully saturated rings. The quantitative estimate of drug-likeness (QED) is 0.642. The van der Waals surface area contributed by atoms with Gasteiger partial charge in [0.1, 0.15) is 0 Å². The van der Waals surface area contributed by atoms with Crippen LogP contribution in [-0.2, 0) is 0 Å². The molecule has 2 heterocycles. The molecular weight excluding hydrogens is 162 g/mol. The summed E-state index contributed by atoms with van der Waals surface area (Å²) in [4.78, 5) is 5.10. The maximum absolute atomic E-state index is 4.94. The van der Waals surface area contributed by atoms with E-state index in [-0.39, 0.29) is 0 Å². The first-order valence-electron chi connectivity index (χ1n) is 3.16. The second kappa shape index (κ2) is 2.20. The number of methoxy groups -OCH3 is 1. The van der Waals surface area contributed by atoms with Gasteiger partial charge in [0.15, 0.2) is 0 Å². The Bertz CT molecular complexity index is 346. The van der Waals surface area contributed by atoms with Crippen molar-refractivity contribution < 1.29 is 4.74 Å². The Morgan fingerprint density at radius 1 is 1.64 bits per heavy atom. The van der Waals surface area contributed by atoms with Crippen molar-refractivity contribution in [3.63, 3.8) is 0 Å². The predicted octanol–water partition coefficient (Wildman–Crippen LogP) is 1.11. The molecule has 5 heteroatoms. The van der Waals surface area contributed by atoms with E-state index in [1.165, 1.54) is 11.3 Å². The Labute approximate surface area is 67.4 Å². The van der Waals surface area contributed by atoms with Crippen LogP contribution in [0, 0.1) is 6.92 Å². The number of aryl methyl sites for hydroxylation is 1. The van der Waals surface area contributed by atoms with Crippen LogP contribution in [0.2, 0.25) is 0 Å². The van der Waals surface area contributed by atoms with Crippen molar-refractivity contribution >= 4 is 16.3 Å². The number of hydrogen-bond acceptors (Lipinski definition) is 4. The highest BCUT2D eigenvalue weighted by Gasteiger charge is 2.04. The summed E-state index contributed by atoms with van der Waals surface area (Å²) in [5, 5.41) is 4.75. The fourth-order valence-electron chi connectivity index (χ4n) is 0.873. The van der Waals surface area contributed by atoms with Gasteiger partial charge in [-0.15, -0.1) is 5.10 Å². The molecule has 0 amide bonds. The van der Waals surface area contributed by atoms with Gasteiger partial charge in [0.05, 0.1) is 19.0 Å². The summed E-state index contributed by atoms with van der Waals surface area (Å²) in [5.41, 5.74) is 0.978. The van der Waals surface area contributed by atoms with Crippen LogP contribution < -0.4 is 4.74 Å². The van der Waals surface area contributed by atoms with E-state index in [0.29, 0.717) is 5.19 Å². The molecule has 4 nitrogen and oxygen atoms in total. The standard InChI is InChI=1S/C6H7N3OS/c1-4-3-9-5(7-4)11-6(8-9)10-2/h3H,1-2H3. The summed E-state index contributed by atoms with van der Waals surface area (Å²) in [6.07, 6.45) is 1.87. The van der Waals surface area contributed by atoms with Crippen molar-refractivity contribution in [2.45, 2.75) is 6.92 Å². The molecule has 0 aliphatic rings. The third kappa shape index (κ3) is 0.970. The molecule has 0 saturated heterocycles. The Morgan fingerprint density at radius 2 is 2.45 bits per heavy atom. The number of aromatic nitrogens is 3. The molecule has 2 aromatic heterocycles. The van der Waals surface area contributed by atoms with Gasteiger partial charge in [-0.25, -0.2) is 9.50 Å². The fourth-order valence-corrected chi connectivity index (χ4v) is 1.62. The monoisotopic (exact) mass is 169 g/mol. The van der Waals surface area contributed by atoms with E-state index < -0.39 is 0 Å². The smallest absolute Gasteiger partial charge is 0.294 e. The lowest BCUT2D eigenvalue weighted by molar-refractivity contribution is 0.405. The molecule has 0 atom stereocenters. The largest absolute Gasteiger partial charge is 0.472 e. The zero-order valence-electron chi connectivity index (χ0n) is 6.24. The van der Waals surface area contributed by atoms with Gasteiger partial charge < -0.3 is 4.74 Å². The van der Waals surface area contributed by atoms with Crippen molar-refractivity contribution in [3.05, 3.63) is 11.9 Å². The summed E-state index contributed by atoms with van der Waals surface area (Å²) in [6, 6.07) is 0. The molecule has 0 aromatic carbocycles. The van der Waals surface area contributed by atoms with Crippen LogP contribution in [-0.4, -0.2) is 21.7 Å². The minimum absolute atomic E-state index is 0.646. The van der Waals surface area contributed by atoms with E-state index in [0.717, 1.165) is 10.7 Å². The normalized spacial score (nSPS) is 10.7. The average Bonchev–Trinajstić information content (AvgIpc) is 2.43. The molecule has 0 unspecified atom stereocenters. The van der Waals surface area contributed by atoms with Gasteiger partial charge in [0.25, 0.3) is 5.19 Å². The van der Waals surface area contributed by atoms with Gasteiger partial charge >= 0.3 is 0 Å². The summed E-state index contributed by atoms with van der Waals surface area (Å²) in [6.45, 7) is 1.94. The summed E-state index contributed by atoms with van der Waals surface area (Å²) in [7, 11) is 1.60. The number of imidazole rings is 1. The van der Waals surface area contributed by atoms with Gasteiger partial charge in [-0.2, -0.15) is 0 Å². The van der Waals surface area contributed by atoms with Crippen LogP contribution in [0.4, 0.5) is 0 Å². The molecule has 0 aliphatic heterocycles. The zero-order chi connectivity index (χ0) is 7.84. The summed E-state index contributed by atoms with van der Waals surface area (Å²) < 4.78 is 6.67. The minimum atomic E-state index is 0.646. The first kappa shape index (κ1) is 6.60. The Morgan fingerprint density at radius 3 is 3.09 bits per heavy atom. The highest BCUT2D eigenvalue weighted by atomic mass is 32.1. The fraction of sp³-hybridized carbons (Fsp3) is 0.333. The molecule has 11 heavy (non-hydrogen) atoms. The SMILES string of the molecule is COc1nn2cc(C)nc2s1. The summed E-state index contributed by atoms with van der Waals surface area (Å²) in [5.74, 6) is 0. The van der Waals surface area contributed by atoms with Crippen molar-refractivity contribution in [2.75, 3.05) is 7.11 Å². The van der Waals surface area contributed by atoms with Crippen molar-refractivity contribution in [1.82, 2.24) is 14.6 Å². The van der Waals surface area contributed by atoms with Gasteiger partial charge in [-0.3, -0.25) is 0 Å². The van der Waals surface area contributed by atoms with Crippen molar-refractivity contribution in [1.29, 1.82) is 0 Å². The van der Waals surface area contributed by atoms with E-state index in [1.54, 1.807) is 11.6 Å². The highest BCUT2D eigenvalue weighted by Crippen LogP contribution is 2.19. The van der Waals surface area contributed by atoms with Crippen molar-refractivity contribution in [3.8, 4) is 5.19 Å². The molecule has 0 aliphatic carbocycles. The van der Waals surface area contributed by atoms with E-state index in [2.05, 4.69) is 10.1 Å². The van der Waals surface area contributed by atoms with E-state index >= 15 is 0 Å². The third-order valence-corrected chi connectivity index (χ3v) is 2.20. The van der Waals surface area contributed by atoms with Crippen LogP contribution in [0.3, 0.4) is 0 Å². The number of nitrogens with zero attached hydrogens (tertiary/aromatic N) is 3. The average molecular weight is 169 g/mol. The Kier molecular flexibility index (Phi) is 1.32. The molecule has 0 saturated carbocycles. The Hall–Kier alpha value is -1.10. The first-order valence-corrected chi connectivity index (χ1v) is 3.98. The molecule has 0 bridgehead atoms. The van der Waals surface area contributed by atoms with Gasteiger partial charge in [-0.1, -0.05) is 0 Å². The van der Waals surface area contributed by atoms with E-state index in [9.17, 15) is 0 Å². The lowest BCUT2D eigenvalue weighted by Gasteiger charge is -1.85. The molecule has 2 rings (SSSR count). The van der Waals surface area contributed by atoms with Gasteiger partial charge in [0.2, 0.25) is 4.96 Å². The third-order valence-electron chi connectivity index (χ3n) is 1.32. The van der Waals surface area contributed by atoms with Crippen molar-refractivity contribution in [2.24, 2.45) is 0 Å². The first-order chi connectivity index (χ1) is 5.29. The lowest BCUT2D eigenvalue weighted by Crippen LogP contribution is -1.83. The van der Waals surface area contributed by atoms with Crippen LogP contribution in [0.15, 0.2) is 6.20 Å². The Balaban J connectivity index is 2.64. The predicted molar refractivity (Wildman–Crippen MR) is 42.2 cm³/mol. The van der Waals surface area contributed by atoms with Crippen LogP contribution >= 0.6 is 11.3 Å². The lowest BCUT2D eigenvalue weighted by atomic mass is 10.6. The number of ether oxygens (including phenoxy) is 1. The van der Waals surface area contributed by atoms with E-state index in [1.807, 2.05) is 13.1 Å². The zero-order valence-corrected chi connectivity index (χ0v) is 7.05. The molecule has 58 valence electrons. The van der Waals surface area contributed by atoms with E-state index in [4.69, 9.17) is 4.74 Å². The topological polar surface area (TPSA) is 39.4 Å². The van der Waals surface area contributed by atoms with Crippen LogP contribution in [0.1, 0.15) is 5.69 Å². The highest BCUT2D eigenvalue weighted by molar-refractivity contribution is 7.18. The van der Waals surface area contributed by atoms with Crippen LogP contribution in [0.25, 0.3) is 4.96 Å². The second-order valence-electron chi connectivity index (χ2n) is 2.18. The maximum atomic E-state index is 4.94. The molecular formula is C6H7N3OS. The molecule has 0 spiro atoms. The molecule has 0 N–H and O–H groups in total. The second-order valence-corrected chi connectivity index (χ2v) is 3.10. The summed E-state index contributed by atoms with van der Waals surface area (Å²) >= 11 is 1.44. The van der Waals surface area contributed by atoms with Gasteiger partial charge in [0, 0.05) is 0 Å². The molecule has 0 radical (unpaired) electrons. The number of rotatable bonds is 1. The van der Waals surface area contributed by atoms with Gasteiger partial charge in [-0.05, 0) is 18.3 Å². The minimum Gasteiger partial charge on any atom is -0.472 e. The molecule has 2 aromatic rings. The number of hydrogen-bond donors (Lipinski definition) is 0. The number of fused-ring (bicyclic) bond motifs is 1. The van der Waals surface area contributed by atoms with Crippen LogP contribution in [0.5, 0.6) is 5.19 Å². The maximum Gasteiger partial charge on any atom is 0.294 e.